The first-order valence-electron chi connectivity index (χ1n) is 5.74. The van der Waals surface area contributed by atoms with E-state index >= 15 is 0 Å². The maximum atomic E-state index is 10.2. The van der Waals surface area contributed by atoms with Gasteiger partial charge in [-0.3, -0.25) is 4.79 Å². The van der Waals surface area contributed by atoms with Crippen LogP contribution in [0.15, 0.2) is 36.5 Å². The fourth-order valence-corrected chi connectivity index (χ4v) is 1.48. The smallest absolute Gasteiger partial charge is 0.318 e. The Bertz CT molecular complexity index is 543. The van der Waals surface area contributed by atoms with E-state index in [-0.39, 0.29) is 6.01 Å². The lowest BCUT2D eigenvalue weighted by molar-refractivity contribution is -0.109. The van der Waals surface area contributed by atoms with E-state index in [1.807, 2.05) is 24.3 Å². The number of carbonyl (C=O) groups excluding carboxylic acids is 1. The zero-order valence-corrected chi connectivity index (χ0v) is 10.2. The van der Waals surface area contributed by atoms with E-state index in [1.165, 1.54) is 0 Å². The fraction of sp³-hybridized carbons (Fsp3) is 0.154. The van der Waals surface area contributed by atoms with Gasteiger partial charge in [0.05, 0.1) is 0 Å². The first kappa shape index (κ1) is 12.8. The minimum absolute atomic E-state index is 0.256. The van der Waals surface area contributed by atoms with Gasteiger partial charge in [-0.25, -0.2) is 4.98 Å². The second kappa shape index (κ2) is 6.34. The maximum absolute atomic E-state index is 10.2. The zero-order valence-electron chi connectivity index (χ0n) is 10.2. The van der Waals surface area contributed by atoms with Gasteiger partial charge >= 0.3 is 6.01 Å². The summed E-state index contributed by atoms with van der Waals surface area (Å²) in [6, 6.07) is 9.56. The van der Waals surface area contributed by atoms with Crippen molar-refractivity contribution in [2.75, 3.05) is 5.73 Å². The Balaban J connectivity index is 1.91. The molecule has 1 aromatic heterocycles. The van der Waals surface area contributed by atoms with Gasteiger partial charge < -0.3 is 15.8 Å². The third kappa shape index (κ3) is 3.95. The Morgan fingerprint density at radius 2 is 1.95 bits per heavy atom. The molecule has 6 nitrogen and oxygen atoms in total. The molecule has 1 heterocycles. The molecule has 6 heteroatoms. The molecule has 0 unspecified atom stereocenters. The molecular formula is C13H14N4O2. The van der Waals surface area contributed by atoms with Gasteiger partial charge in [0.2, 0.25) is 6.41 Å². The number of carbonyl (C=O) groups is 1. The number of nitrogens with two attached hydrogens (primary N) is 1. The van der Waals surface area contributed by atoms with Crippen molar-refractivity contribution in [3.63, 3.8) is 0 Å². The van der Waals surface area contributed by atoms with Gasteiger partial charge in [-0.15, -0.1) is 0 Å². The Kier molecular flexibility index (Phi) is 4.28. The van der Waals surface area contributed by atoms with Gasteiger partial charge in [-0.2, -0.15) is 4.98 Å². The van der Waals surface area contributed by atoms with Crippen LogP contribution in [0.2, 0.25) is 0 Å². The lowest BCUT2D eigenvalue weighted by Crippen LogP contribution is -2.09. The molecule has 19 heavy (non-hydrogen) atoms. The van der Waals surface area contributed by atoms with E-state index in [0.29, 0.717) is 25.4 Å². The number of rotatable bonds is 6. The number of amides is 1. The van der Waals surface area contributed by atoms with Crippen molar-refractivity contribution in [3.8, 4) is 6.01 Å². The Morgan fingerprint density at radius 3 is 2.63 bits per heavy atom. The third-order valence-electron chi connectivity index (χ3n) is 2.44. The molecule has 0 aliphatic carbocycles. The van der Waals surface area contributed by atoms with Crippen LogP contribution in [0.1, 0.15) is 11.1 Å². The Morgan fingerprint density at radius 1 is 1.21 bits per heavy atom. The molecule has 0 fully saturated rings. The van der Waals surface area contributed by atoms with Gasteiger partial charge in [0, 0.05) is 12.7 Å². The van der Waals surface area contributed by atoms with Crippen LogP contribution in [-0.4, -0.2) is 16.4 Å². The molecule has 2 aromatic rings. The highest BCUT2D eigenvalue weighted by molar-refractivity contribution is 5.46. The predicted molar refractivity (Wildman–Crippen MR) is 70.1 cm³/mol. The van der Waals surface area contributed by atoms with Gasteiger partial charge in [-0.05, 0) is 17.2 Å². The molecule has 1 amide bonds. The summed E-state index contributed by atoms with van der Waals surface area (Å²) in [5.74, 6) is 0.375. The molecule has 0 spiro atoms. The highest BCUT2D eigenvalue weighted by Gasteiger charge is 1.99. The summed E-state index contributed by atoms with van der Waals surface area (Å²) in [5.41, 5.74) is 7.54. The van der Waals surface area contributed by atoms with Crippen LogP contribution in [0.4, 0.5) is 5.82 Å². The van der Waals surface area contributed by atoms with Crippen molar-refractivity contribution in [1.29, 1.82) is 0 Å². The molecule has 0 saturated heterocycles. The summed E-state index contributed by atoms with van der Waals surface area (Å²) < 4.78 is 5.42. The van der Waals surface area contributed by atoms with Crippen LogP contribution < -0.4 is 15.8 Å². The molecule has 0 radical (unpaired) electrons. The Hall–Kier alpha value is -2.63. The fourth-order valence-electron chi connectivity index (χ4n) is 1.48. The SMILES string of the molecule is Nc1ccnc(OCc2ccc(CNC=O)cc2)n1. The maximum Gasteiger partial charge on any atom is 0.318 e. The number of hydrogen-bond donors (Lipinski definition) is 2. The molecule has 1 aromatic carbocycles. The average Bonchev–Trinajstić information content (AvgIpc) is 2.44. The number of nitrogen functional groups attached to an aromatic ring is 1. The van der Waals surface area contributed by atoms with Crippen LogP contribution >= 0.6 is 0 Å². The van der Waals surface area contributed by atoms with Crippen molar-refractivity contribution in [2.24, 2.45) is 0 Å². The Labute approximate surface area is 110 Å². The molecule has 98 valence electrons. The standard InChI is InChI=1S/C13H14N4O2/c14-12-5-6-16-13(17-12)19-8-11-3-1-10(2-4-11)7-15-9-18/h1-6,9H,7-8H2,(H,15,18)(H2,14,16,17). The number of nitrogens with zero attached hydrogens (tertiary/aromatic N) is 2. The second-order valence-electron chi connectivity index (χ2n) is 3.87. The van der Waals surface area contributed by atoms with Crippen LogP contribution in [0.3, 0.4) is 0 Å². The lowest BCUT2D eigenvalue weighted by Gasteiger charge is -2.06. The molecule has 0 aliphatic heterocycles. The molecule has 0 saturated carbocycles. The van der Waals surface area contributed by atoms with Crippen molar-refractivity contribution >= 4 is 12.2 Å². The van der Waals surface area contributed by atoms with Crippen LogP contribution in [0, 0.1) is 0 Å². The van der Waals surface area contributed by atoms with Gasteiger partial charge in [0.15, 0.2) is 0 Å². The molecular weight excluding hydrogens is 244 g/mol. The van der Waals surface area contributed by atoms with Gasteiger partial charge in [0.1, 0.15) is 12.4 Å². The third-order valence-corrected chi connectivity index (χ3v) is 2.44. The van der Waals surface area contributed by atoms with E-state index < -0.39 is 0 Å². The van der Waals surface area contributed by atoms with Crippen molar-refractivity contribution in [1.82, 2.24) is 15.3 Å². The summed E-state index contributed by atoms with van der Waals surface area (Å²) in [5, 5.41) is 2.60. The van der Waals surface area contributed by atoms with E-state index in [9.17, 15) is 4.79 Å². The highest BCUT2D eigenvalue weighted by Crippen LogP contribution is 2.09. The first-order chi connectivity index (χ1) is 9.28. The first-order valence-corrected chi connectivity index (χ1v) is 5.74. The molecule has 3 N–H and O–H groups in total. The van der Waals surface area contributed by atoms with Crippen LogP contribution in [0.25, 0.3) is 0 Å². The normalized spacial score (nSPS) is 9.89. The number of nitrogens with one attached hydrogen (secondary N) is 1. The van der Waals surface area contributed by atoms with E-state index in [4.69, 9.17) is 10.5 Å². The number of aromatic nitrogens is 2. The topological polar surface area (TPSA) is 90.1 Å². The zero-order chi connectivity index (χ0) is 13.5. The van der Waals surface area contributed by atoms with Crippen LogP contribution in [-0.2, 0) is 17.9 Å². The van der Waals surface area contributed by atoms with Gasteiger partial charge in [-0.1, -0.05) is 24.3 Å². The summed E-state index contributed by atoms with van der Waals surface area (Å²) in [6.07, 6.45) is 2.22. The van der Waals surface area contributed by atoms with Crippen molar-refractivity contribution in [2.45, 2.75) is 13.2 Å². The number of benzene rings is 1. The van der Waals surface area contributed by atoms with E-state index in [1.54, 1.807) is 12.3 Å². The molecule has 2 rings (SSSR count). The largest absolute Gasteiger partial charge is 0.459 e. The van der Waals surface area contributed by atoms with Crippen molar-refractivity contribution < 1.29 is 9.53 Å². The molecule has 0 bridgehead atoms. The van der Waals surface area contributed by atoms with Crippen molar-refractivity contribution in [3.05, 3.63) is 47.7 Å². The number of hydrogen-bond acceptors (Lipinski definition) is 5. The number of anilines is 1. The summed E-state index contributed by atoms with van der Waals surface area (Å²) in [6.45, 7) is 0.883. The quantitative estimate of drug-likeness (QED) is 0.751. The summed E-state index contributed by atoms with van der Waals surface area (Å²) in [7, 11) is 0. The second-order valence-corrected chi connectivity index (χ2v) is 3.87. The van der Waals surface area contributed by atoms with Gasteiger partial charge in [0.25, 0.3) is 0 Å². The van der Waals surface area contributed by atoms with E-state index in [2.05, 4.69) is 15.3 Å². The molecule has 0 aliphatic rings. The highest BCUT2D eigenvalue weighted by atomic mass is 16.5. The molecule has 0 atom stereocenters. The predicted octanol–water partition coefficient (Wildman–Crippen LogP) is 0.884. The summed E-state index contributed by atoms with van der Waals surface area (Å²) >= 11 is 0. The summed E-state index contributed by atoms with van der Waals surface area (Å²) in [4.78, 5) is 18.1. The average molecular weight is 258 g/mol. The minimum atomic E-state index is 0.256. The van der Waals surface area contributed by atoms with Crippen LogP contribution in [0.5, 0.6) is 6.01 Å². The minimum Gasteiger partial charge on any atom is -0.459 e. The number of ether oxygens (including phenoxy) is 1. The van der Waals surface area contributed by atoms with E-state index in [0.717, 1.165) is 11.1 Å². The monoisotopic (exact) mass is 258 g/mol. The lowest BCUT2D eigenvalue weighted by atomic mass is 10.1.